The molecule has 0 bridgehead atoms. The first-order valence-corrected chi connectivity index (χ1v) is 8.70. The van der Waals surface area contributed by atoms with Crippen molar-refractivity contribution < 1.29 is 4.79 Å². The number of nitrogens with one attached hydrogen (secondary N) is 1. The van der Waals surface area contributed by atoms with E-state index in [-0.39, 0.29) is 5.91 Å². The fourth-order valence-corrected chi connectivity index (χ4v) is 3.60. The van der Waals surface area contributed by atoms with Gasteiger partial charge in [-0.1, -0.05) is 41.4 Å². The summed E-state index contributed by atoms with van der Waals surface area (Å²) in [6, 6.07) is 13.1. The first-order valence-electron chi connectivity index (χ1n) is 6.96. The number of thioether (sulfide) groups is 1. The number of para-hydroxylation sites is 1. The summed E-state index contributed by atoms with van der Waals surface area (Å²) in [6.45, 7) is 0. The van der Waals surface area contributed by atoms with Crippen LogP contribution in [0.2, 0.25) is 10.0 Å². The highest BCUT2D eigenvalue weighted by Crippen LogP contribution is 2.30. The Morgan fingerprint density at radius 1 is 1.22 bits per heavy atom. The van der Waals surface area contributed by atoms with Gasteiger partial charge in [0, 0.05) is 34.1 Å². The predicted molar refractivity (Wildman–Crippen MR) is 98.7 cm³/mol. The largest absolute Gasteiger partial charge is 0.349 e. The maximum absolute atomic E-state index is 12.2. The monoisotopic (exact) mass is 364 g/mol. The van der Waals surface area contributed by atoms with Gasteiger partial charge in [-0.05, 0) is 24.3 Å². The van der Waals surface area contributed by atoms with Gasteiger partial charge in [0.1, 0.15) is 0 Å². The minimum atomic E-state index is -0.118. The van der Waals surface area contributed by atoms with Gasteiger partial charge >= 0.3 is 0 Å². The fourth-order valence-electron chi connectivity index (χ4n) is 2.34. The molecule has 3 aromatic rings. The Labute approximate surface area is 148 Å². The van der Waals surface area contributed by atoms with Gasteiger partial charge in [-0.15, -0.1) is 11.8 Å². The van der Waals surface area contributed by atoms with E-state index in [4.69, 9.17) is 23.2 Å². The van der Waals surface area contributed by atoms with Crippen LogP contribution in [0.5, 0.6) is 0 Å². The third-order valence-electron chi connectivity index (χ3n) is 3.42. The second-order valence-electron chi connectivity index (χ2n) is 5.08. The molecule has 6 heteroatoms. The van der Waals surface area contributed by atoms with Crippen LogP contribution in [0.25, 0.3) is 10.9 Å². The van der Waals surface area contributed by atoms with E-state index in [2.05, 4.69) is 22.0 Å². The molecule has 0 radical (unpaired) electrons. The molecule has 1 heterocycles. The van der Waals surface area contributed by atoms with Crippen LogP contribution in [0.1, 0.15) is 0 Å². The zero-order chi connectivity index (χ0) is 16.4. The van der Waals surface area contributed by atoms with Gasteiger partial charge in [0.05, 0.1) is 16.5 Å². The molecule has 1 aromatic heterocycles. The molecule has 0 aliphatic carbocycles. The minimum absolute atomic E-state index is 0.118. The van der Waals surface area contributed by atoms with Gasteiger partial charge in [0.25, 0.3) is 0 Å². The second kappa shape index (κ2) is 6.87. The molecule has 3 rings (SSSR count). The van der Waals surface area contributed by atoms with Crippen LogP contribution in [0.4, 0.5) is 5.69 Å². The molecule has 1 N–H and O–H groups in total. The Kier molecular flexibility index (Phi) is 4.85. The minimum Gasteiger partial charge on any atom is -0.349 e. The van der Waals surface area contributed by atoms with Crippen molar-refractivity contribution in [3.8, 4) is 0 Å². The van der Waals surface area contributed by atoms with Gasteiger partial charge in [0.2, 0.25) is 5.91 Å². The summed E-state index contributed by atoms with van der Waals surface area (Å²) in [5.74, 6) is 0.184. The lowest BCUT2D eigenvalue weighted by Gasteiger charge is -2.07. The molecule has 23 heavy (non-hydrogen) atoms. The van der Waals surface area contributed by atoms with Gasteiger partial charge in [-0.25, -0.2) is 0 Å². The van der Waals surface area contributed by atoms with E-state index in [9.17, 15) is 4.79 Å². The molecule has 1 amide bonds. The lowest BCUT2D eigenvalue weighted by molar-refractivity contribution is -0.113. The van der Waals surface area contributed by atoms with Crippen LogP contribution in [-0.2, 0) is 11.8 Å². The number of fused-ring (bicyclic) bond motifs is 1. The topological polar surface area (TPSA) is 34.0 Å². The molecular formula is C17H14Cl2N2OS. The number of anilines is 1. The predicted octanol–water partition coefficient (Wildman–Crippen LogP) is 5.22. The lowest BCUT2D eigenvalue weighted by atomic mass is 10.2. The van der Waals surface area contributed by atoms with Crippen molar-refractivity contribution in [2.45, 2.75) is 4.90 Å². The Morgan fingerprint density at radius 3 is 2.83 bits per heavy atom. The number of benzene rings is 2. The lowest BCUT2D eigenvalue weighted by Crippen LogP contribution is -2.14. The maximum atomic E-state index is 12.2. The summed E-state index contributed by atoms with van der Waals surface area (Å²) in [4.78, 5) is 13.2. The third-order valence-corrected chi connectivity index (χ3v) is 5.03. The number of aromatic nitrogens is 1. The number of aryl methyl sites for hydroxylation is 1. The molecule has 118 valence electrons. The maximum Gasteiger partial charge on any atom is 0.234 e. The summed E-state index contributed by atoms with van der Waals surface area (Å²) in [5, 5.41) is 4.94. The molecule has 0 saturated heterocycles. The average molecular weight is 365 g/mol. The Bertz CT molecular complexity index is 876. The van der Waals surface area contributed by atoms with Gasteiger partial charge in [-0.3, -0.25) is 4.79 Å². The number of rotatable bonds is 4. The van der Waals surface area contributed by atoms with Crippen molar-refractivity contribution >= 4 is 57.5 Å². The van der Waals surface area contributed by atoms with E-state index in [1.165, 1.54) is 11.8 Å². The van der Waals surface area contributed by atoms with Crippen molar-refractivity contribution in [3.63, 3.8) is 0 Å². The van der Waals surface area contributed by atoms with E-state index in [0.717, 1.165) is 15.8 Å². The normalized spacial score (nSPS) is 10.9. The summed E-state index contributed by atoms with van der Waals surface area (Å²) in [6.07, 6.45) is 2.04. The summed E-state index contributed by atoms with van der Waals surface area (Å²) in [5.41, 5.74) is 1.68. The first-order chi connectivity index (χ1) is 11.0. The SMILES string of the molecule is Cn1cc(SCC(=O)Nc2cc(Cl)ccc2Cl)c2ccccc21. The van der Waals surface area contributed by atoms with E-state index in [0.29, 0.717) is 21.5 Å². The third kappa shape index (κ3) is 3.66. The molecule has 0 fully saturated rings. The van der Waals surface area contributed by atoms with Crippen LogP contribution in [-0.4, -0.2) is 16.2 Å². The van der Waals surface area contributed by atoms with Gasteiger partial charge in [-0.2, -0.15) is 0 Å². The Hall–Kier alpha value is -1.62. The van der Waals surface area contributed by atoms with Crippen LogP contribution in [0.15, 0.2) is 53.6 Å². The van der Waals surface area contributed by atoms with Crippen molar-refractivity contribution in [3.05, 3.63) is 58.7 Å². The number of hydrogen-bond donors (Lipinski definition) is 1. The van der Waals surface area contributed by atoms with Crippen LogP contribution >= 0.6 is 35.0 Å². The fraction of sp³-hybridized carbons (Fsp3) is 0.118. The molecule has 0 spiro atoms. The highest BCUT2D eigenvalue weighted by atomic mass is 35.5. The Morgan fingerprint density at radius 2 is 2.00 bits per heavy atom. The average Bonchev–Trinajstić information content (AvgIpc) is 2.86. The highest BCUT2D eigenvalue weighted by Gasteiger charge is 2.10. The summed E-state index contributed by atoms with van der Waals surface area (Å²) < 4.78 is 2.06. The molecule has 0 atom stereocenters. The first kappa shape index (κ1) is 16.2. The molecular weight excluding hydrogens is 351 g/mol. The molecule has 0 saturated carbocycles. The number of hydrogen-bond acceptors (Lipinski definition) is 2. The number of nitrogens with zero attached hydrogens (tertiary/aromatic N) is 1. The van der Waals surface area contributed by atoms with Crippen LogP contribution < -0.4 is 5.32 Å². The van der Waals surface area contributed by atoms with Crippen molar-refractivity contribution in [1.29, 1.82) is 0 Å². The number of carbonyl (C=O) groups is 1. The number of amides is 1. The molecule has 0 aliphatic rings. The van der Waals surface area contributed by atoms with Crippen molar-refractivity contribution in [1.82, 2.24) is 4.57 Å². The van der Waals surface area contributed by atoms with Gasteiger partial charge < -0.3 is 9.88 Å². The smallest absolute Gasteiger partial charge is 0.234 e. The van der Waals surface area contributed by atoms with E-state index in [1.807, 2.05) is 25.4 Å². The summed E-state index contributed by atoms with van der Waals surface area (Å²) in [7, 11) is 2.00. The van der Waals surface area contributed by atoms with E-state index < -0.39 is 0 Å². The number of carbonyl (C=O) groups excluding carboxylic acids is 1. The molecule has 3 nitrogen and oxygen atoms in total. The second-order valence-corrected chi connectivity index (χ2v) is 6.94. The van der Waals surface area contributed by atoms with Gasteiger partial charge in [0.15, 0.2) is 0 Å². The van der Waals surface area contributed by atoms with E-state index in [1.54, 1.807) is 18.2 Å². The zero-order valence-corrected chi connectivity index (χ0v) is 14.7. The Balaban J connectivity index is 1.70. The van der Waals surface area contributed by atoms with Crippen molar-refractivity contribution in [2.24, 2.45) is 7.05 Å². The van der Waals surface area contributed by atoms with Crippen LogP contribution in [0, 0.1) is 0 Å². The summed E-state index contributed by atoms with van der Waals surface area (Å²) >= 11 is 13.5. The van der Waals surface area contributed by atoms with Crippen molar-refractivity contribution in [2.75, 3.05) is 11.1 Å². The standard InChI is InChI=1S/C17H14Cl2N2OS/c1-21-9-16(12-4-2-3-5-15(12)21)23-10-17(22)20-14-8-11(18)6-7-13(14)19/h2-9H,10H2,1H3,(H,20,22). The van der Waals surface area contributed by atoms with Crippen LogP contribution in [0.3, 0.4) is 0 Å². The van der Waals surface area contributed by atoms with E-state index >= 15 is 0 Å². The highest BCUT2D eigenvalue weighted by molar-refractivity contribution is 8.00. The zero-order valence-electron chi connectivity index (χ0n) is 12.3. The molecule has 0 aliphatic heterocycles. The molecule has 2 aromatic carbocycles. The quantitative estimate of drug-likeness (QED) is 0.644. The molecule has 0 unspecified atom stereocenters. The number of halogens is 2.